The van der Waals surface area contributed by atoms with E-state index in [1.54, 1.807) is 0 Å². The van der Waals surface area contributed by atoms with Gasteiger partial charge in [-0.05, 0) is 0 Å². The van der Waals surface area contributed by atoms with Crippen molar-refractivity contribution in [1.82, 2.24) is 7.71 Å². The third-order valence-corrected chi connectivity index (χ3v) is 13.4. The molecule has 0 saturated carbocycles. The van der Waals surface area contributed by atoms with Gasteiger partial charge < -0.3 is 0 Å². The van der Waals surface area contributed by atoms with Crippen LogP contribution in [0.1, 0.15) is 34.6 Å². The van der Waals surface area contributed by atoms with Crippen molar-refractivity contribution in [3.8, 4) is 0 Å². The van der Waals surface area contributed by atoms with Crippen LogP contribution in [0, 0.1) is 0 Å². The first-order valence-electron chi connectivity index (χ1n) is 4.89. The summed E-state index contributed by atoms with van der Waals surface area (Å²) in [7, 11) is 15.2. The molecule has 0 radical (unpaired) electrons. The van der Waals surface area contributed by atoms with E-state index in [1.807, 2.05) is 7.05 Å². The molecule has 0 aromatic carbocycles. The zero-order valence-corrected chi connectivity index (χ0v) is 13.5. The van der Waals surface area contributed by atoms with E-state index in [9.17, 15) is 0 Å². The summed E-state index contributed by atoms with van der Waals surface area (Å²) in [6.45, 7) is 11.9. The first-order chi connectivity index (χ1) is 5.99. The number of rotatable bonds is 0. The summed E-state index contributed by atoms with van der Waals surface area (Å²) >= 11 is -2.97. The van der Waals surface area contributed by atoms with E-state index in [4.69, 9.17) is 20.0 Å². The van der Waals surface area contributed by atoms with Crippen LogP contribution in [0.5, 0.6) is 0 Å². The second kappa shape index (κ2) is 3.52. The van der Waals surface area contributed by atoms with Crippen LogP contribution in [0.15, 0.2) is 0 Å². The summed E-state index contributed by atoms with van der Waals surface area (Å²) in [5.41, 5.74) is 0.119. The summed E-state index contributed by atoms with van der Waals surface area (Å²) in [5, 5.41) is 0. The van der Waals surface area contributed by atoms with Crippen LogP contribution in [-0.4, -0.2) is 44.2 Å². The molecule has 1 aliphatic rings. The molecule has 0 bridgehead atoms. The van der Waals surface area contributed by atoms with Crippen molar-refractivity contribution in [2.45, 2.75) is 45.7 Å². The van der Waals surface area contributed by atoms with Crippen molar-refractivity contribution in [3.63, 3.8) is 0 Å². The molecule has 0 aliphatic carbocycles. The standard InChI is InChI=1S/C9H20Cl2GeN2/c1-8(2,3)14-9(4,5)7-13(6)12(14,10)11/h7H2,1-6H3. The Morgan fingerprint density at radius 2 is 1.64 bits per heavy atom. The van der Waals surface area contributed by atoms with Gasteiger partial charge in [-0.25, -0.2) is 0 Å². The van der Waals surface area contributed by atoms with E-state index in [0.29, 0.717) is 0 Å². The van der Waals surface area contributed by atoms with Crippen LogP contribution < -0.4 is 0 Å². The molecule has 1 rings (SSSR count). The van der Waals surface area contributed by atoms with Crippen LogP contribution in [-0.2, 0) is 0 Å². The Hall–Kier alpha value is 1.04. The van der Waals surface area contributed by atoms with Gasteiger partial charge in [0.15, 0.2) is 0 Å². The third kappa shape index (κ3) is 2.10. The normalized spacial score (nSPS) is 28.3. The second-order valence-electron chi connectivity index (χ2n) is 5.68. The van der Waals surface area contributed by atoms with Gasteiger partial charge in [-0.1, -0.05) is 0 Å². The molecule has 0 aromatic heterocycles. The fourth-order valence-electron chi connectivity index (χ4n) is 2.59. The molecule has 1 heterocycles. The van der Waals surface area contributed by atoms with Crippen LogP contribution in [0.25, 0.3) is 0 Å². The van der Waals surface area contributed by atoms with Gasteiger partial charge in [-0.15, -0.1) is 0 Å². The van der Waals surface area contributed by atoms with E-state index in [-0.39, 0.29) is 11.1 Å². The van der Waals surface area contributed by atoms with Crippen molar-refractivity contribution >= 4 is 31.9 Å². The predicted octanol–water partition coefficient (Wildman–Crippen LogP) is 2.72. The summed E-state index contributed by atoms with van der Waals surface area (Å²) in [4.78, 5) is 0. The van der Waals surface area contributed by atoms with E-state index in [1.165, 1.54) is 0 Å². The van der Waals surface area contributed by atoms with Crippen LogP contribution in [0.4, 0.5) is 0 Å². The van der Waals surface area contributed by atoms with Gasteiger partial charge in [0.2, 0.25) is 0 Å². The molecule has 84 valence electrons. The van der Waals surface area contributed by atoms with E-state index in [2.05, 4.69) is 42.3 Å². The zero-order chi connectivity index (χ0) is 11.4. The SMILES string of the molecule is C[N]1CC(C)(C)[N](C(C)(C)C)[Ge]1([Cl])[Cl]. The van der Waals surface area contributed by atoms with E-state index in [0.717, 1.165) is 6.54 Å². The molecule has 1 aliphatic heterocycles. The molecule has 1 fully saturated rings. The first-order valence-corrected chi connectivity index (χ1v) is 12.3. The van der Waals surface area contributed by atoms with Crippen molar-refractivity contribution < 1.29 is 0 Å². The molecule has 0 atom stereocenters. The summed E-state index contributed by atoms with van der Waals surface area (Å²) in [5.74, 6) is 0. The third-order valence-electron chi connectivity index (χ3n) is 2.63. The molecular weight excluding hydrogens is 280 g/mol. The van der Waals surface area contributed by atoms with Crippen molar-refractivity contribution in [2.75, 3.05) is 13.6 Å². The molecule has 0 amide bonds. The van der Waals surface area contributed by atoms with Crippen LogP contribution in [0.2, 0.25) is 0 Å². The number of hydrogen-bond acceptors (Lipinski definition) is 2. The molecule has 1 saturated heterocycles. The van der Waals surface area contributed by atoms with Crippen molar-refractivity contribution in [1.29, 1.82) is 0 Å². The number of halogens is 2. The summed E-state index contributed by atoms with van der Waals surface area (Å²) < 4.78 is 4.50. The quantitative estimate of drug-likeness (QED) is 0.635. The molecule has 0 aromatic rings. The molecule has 0 unspecified atom stereocenters. The van der Waals surface area contributed by atoms with Crippen LogP contribution >= 0.6 is 20.0 Å². The minimum atomic E-state index is -2.97. The maximum absolute atomic E-state index is 6.56. The zero-order valence-electron chi connectivity index (χ0n) is 9.86. The average Bonchev–Trinajstić information content (AvgIpc) is 1.93. The Morgan fingerprint density at radius 1 is 1.21 bits per heavy atom. The van der Waals surface area contributed by atoms with Gasteiger partial charge in [0.25, 0.3) is 0 Å². The summed E-state index contributed by atoms with van der Waals surface area (Å²) in [6, 6.07) is 0. The Kier molecular flexibility index (Phi) is 3.30. The second-order valence-corrected chi connectivity index (χ2v) is 16.8. The van der Waals surface area contributed by atoms with Gasteiger partial charge in [0.1, 0.15) is 0 Å². The first kappa shape index (κ1) is 13.1. The van der Waals surface area contributed by atoms with Crippen LogP contribution in [0.3, 0.4) is 0 Å². The molecule has 0 spiro atoms. The minimum absolute atomic E-state index is 0.0394. The molecule has 2 nitrogen and oxygen atoms in total. The monoisotopic (exact) mass is 300 g/mol. The van der Waals surface area contributed by atoms with Crippen molar-refractivity contribution in [2.24, 2.45) is 0 Å². The molecular formula is C9H20Cl2GeN2. The predicted molar refractivity (Wildman–Crippen MR) is 65.8 cm³/mol. The Labute approximate surface area is 98.7 Å². The molecule has 14 heavy (non-hydrogen) atoms. The fourth-order valence-corrected chi connectivity index (χ4v) is 13.5. The van der Waals surface area contributed by atoms with Gasteiger partial charge in [0, 0.05) is 0 Å². The number of nitrogens with zero attached hydrogens (tertiary/aromatic N) is 2. The average molecular weight is 300 g/mol. The molecule has 0 N–H and O–H groups in total. The Balaban J connectivity index is 3.12. The Morgan fingerprint density at radius 3 is 1.79 bits per heavy atom. The van der Waals surface area contributed by atoms with Gasteiger partial charge in [0.05, 0.1) is 0 Å². The number of likely N-dealkylation sites (N-methyl/N-ethyl adjacent to an activating group) is 1. The van der Waals surface area contributed by atoms with Gasteiger partial charge in [-0.2, -0.15) is 0 Å². The van der Waals surface area contributed by atoms with Gasteiger partial charge >= 0.3 is 98.9 Å². The Bertz CT molecular complexity index is 235. The topological polar surface area (TPSA) is 6.48 Å². The molecule has 5 heteroatoms. The fraction of sp³-hybridized carbons (Fsp3) is 1.00. The van der Waals surface area contributed by atoms with E-state index >= 15 is 0 Å². The van der Waals surface area contributed by atoms with Gasteiger partial charge in [-0.3, -0.25) is 0 Å². The maximum atomic E-state index is 6.56. The summed E-state index contributed by atoms with van der Waals surface area (Å²) in [6.07, 6.45) is 0. The van der Waals surface area contributed by atoms with Crippen molar-refractivity contribution in [3.05, 3.63) is 0 Å². The number of hydrogen-bond donors (Lipinski definition) is 0. The van der Waals surface area contributed by atoms with E-state index < -0.39 is 11.9 Å².